The molecule has 0 fully saturated rings. The first-order valence-electron chi connectivity index (χ1n) is 24.0. The Kier molecular flexibility index (Phi) is 21.3. The highest BCUT2D eigenvalue weighted by Gasteiger charge is 2.27. The van der Waals surface area contributed by atoms with Crippen LogP contribution in [0.5, 0.6) is 0 Å². The molecule has 4 heterocycles. The minimum atomic E-state index is -3.67. The van der Waals surface area contributed by atoms with Crippen LogP contribution in [-0.4, -0.2) is 99.9 Å². The van der Waals surface area contributed by atoms with E-state index in [-0.39, 0.29) is 98.6 Å². The summed E-state index contributed by atoms with van der Waals surface area (Å²) in [7, 11) is -7.33. The van der Waals surface area contributed by atoms with E-state index in [2.05, 4.69) is 29.9 Å². The number of imidazole rings is 2. The van der Waals surface area contributed by atoms with E-state index in [9.17, 15) is 28.3 Å². The van der Waals surface area contributed by atoms with Crippen molar-refractivity contribution < 1.29 is 46.3 Å². The van der Waals surface area contributed by atoms with E-state index < -0.39 is 26.3 Å². The van der Waals surface area contributed by atoms with Gasteiger partial charge in [-0.05, 0) is 31.9 Å². The fourth-order valence-corrected chi connectivity index (χ4v) is 11.1. The van der Waals surface area contributed by atoms with E-state index in [1.165, 1.54) is 12.7 Å². The molecule has 0 aliphatic rings. The van der Waals surface area contributed by atoms with Crippen LogP contribution in [0.1, 0.15) is 48.5 Å². The molecule has 22 nitrogen and oxygen atoms in total. The number of ether oxygens (including phenoxy) is 2. The van der Waals surface area contributed by atoms with Gasteiger partial charge in [-0.1, -0.05) is 143 Å². The number of nitrogen functional groups attached to an aromatic ring is 2. The van der Waals surface area contributed by atoms with Crippen molar-refractivity contribution in [1.82, 2.24) is 39.0 Å². The molecule has 26 heteroatoms. The number of H-pyrrole nitrogens is 2. The molecule has 0 spiro atoms. The molecule has 0 radical (unpaired) electrons. The van der Waals surface area contributed by atoms with Gasteiger partial charge in [-0.2, -0.15) is 9.97 Å². The highest BCUT2D eigenvalue weighted by molar-refractivity contribution is 8.14. The largest absolute Gasteiger partial charge is 0.369 e. The summed E-state index contributed by atoms with van der Waals surface area (Å²) < 4.78 is 64.3. The van der Waals surface area contributed by atoms with Gasteiger partial charge in [-0.25, -0.2) is 9.97 Å². The number of anilines is 2. The van der Waals surface area contributed by atoms with Crippen LogP contribution >= 0.6 is 38.7 Å². The summed E-state index contributed by atoms with van der Waals surface area (Å²) in [5.74, 6) is 0.564. The molecule has 0 saturated carbocycles. The molecule has 4 aromatic carbocycles. The van der Waals surface area contributed by atoms with Crippen molar-refractivity contribution in [3.05, 3.63) is 175 Å². The number of nitrogens with one attached hydrogen (secondary N) is 2. The van der Waals surface area contributed by atoms with E-state index in [0.717, 1.165) is 51.3 Å². The van der Waals surface area contributed by atoms with Gasteiger partial charge in [0.25, 0.3) is 11.1 Å². The van der Waals surface area contributed by atoms with Gasteiger partial charge in [0.1, 0.15) is 12.7 Å². The monoisotopic (exact) mass is 1130 g/mol. The maximum atomic E-state index is 13.5. The van der Waals surface area contributed by atoms with Crippen LogP contribution in [0, 0.1) is 20.8 Å². The van der Waals surface area contributed by atoms with E-state index >= 15 is 0 Å². The number of fused-ring (bicyclic) bond motifs is 2. The predicted molar refractivity (Wildman–Crippen MR) is 297 cm³/mol. The van der Waals surface area contributed by atoms with Crippen molar-refractivity contribution >= 4 is 83.2 Å². The highest BCUT2D eigenvalue weighted by Crippen LogP contribution is 2.50. The molecule has 8 rings (SSSR count). The summed E-state index contributed by atoms with van der Waals surface area (Å²) in [6.07, 6.45) is 2.33. The van der Waals surface area contributed by atoms with Crippen molar-refractivity contribution in [3.8, 4) is 0 Å². The number of aryl methyl sites for hydroxylation is 3. The van der Waals surface area contributed by atoms with Gasteiger partial charge in [-0.15, -0.1) is 0 Å². The van der Waals surface area contributed by atoms with Crippen LogP contribution in [0.25, 0.3) is 22.3 Å². The zero-order valence-electron chi connectivity index (χ0n) is 42.4. The second-order valence-electron chi connectivity index (χ2n) is 17.1. The Hall–Kier alpha value is -6.56. The molecule has 2 unspecified atom stereocenters. The van der Waals surface area contributed by atoms with Crippen LogP contribution in [0.2, 0.25) is 0 Å². The number of nitrogens with two attached hydrogens (primary N) is 2. The van der Waals surface area contributed by atoms with E-state index in [1.807, 2.05) is 87.5 Å². The third-order valence-electron chi connectivity index (χ3n) is 11.0. The number of benzene rings is 4. The number of thioether (sulfide) groups is 2. The second kappa shape index (κ2) is 28.2. The lowest BCUT2D eigenvalue weighted by atomic mass is 10.2. The molecule has 0 bridgehead atoms. The summed E-state index contributed by atoms with van der Waals surface area (Å²) >= 11 is 2.16. The van der Waals surface area contributed by atoms with Crippen molar-refractivity contribution in [3.63, 3.8) is 0 Å². The molecule has 0 saturated heterocycles. The SMILES string of the molecule is Cc1ccc(COP(=O)(COCCn2cnc3c(=O)[nH]c(N)nc32)OCCSC(=O)c2ccc(C)cc2)cc1.Cc1ccc(COP(=O)(COCCn2cnc3c(=O)[nH]c(N)nc32)OCCSC(=O)c2ccccc2)cc1. The van der Waals surface area contributed by atoms with Crippen LogP contribution in [0.15, 0.2) is 125 Å². The quantitative estimate of drug-likeness (QED) is 0.0293. The maximum Gasteiger partial charge on any atom is 0.356 e. The lowest BCUT2D eigenvalue weighted by Crippen LogP contribution is -2.13. The first-order valence-corrected chi connectivity index (χ1v) is 29.4. The summed E-state index contributed by atoms with van der Waals surface area (Å²) in [6.45, 7) is 6.96. The van der Waals surface area contributed by atoms with Gasteiger partial charge in [0.15, 0.2) is 22.3 Å². The van der Waals surface area contributed by atoms with Crippen molar-refractivity contribution in [2.45, 2.75) is 47.1 Å². The van der Waals surface area contributed by atoms with Crippen LogP contribution in [0.3, 0.4) is 0 Å². The van der Waals surface area contributed by atoms with Crippen molar-refractivity contribution in [2.75, 3.05) is 62.1 Å². The number of nitrogens with zero attached hydrogens (tertiary/aromatic N) is 6. The minimum Gasteiger partial charge on any atom is -0.369 e. The van der Waals surface area contributed by atoms with Crippen molar-refractivity contribution in [2.24, 2.45) is 0 Å². The number of hydrogen-bond acceptors (Lipinski definition) is 20. The van der Waals surface area contributed by atoms with Gasteiger partial charge < -0.3 is 48.2 Å². The molecule has 8 aromatic rings. The molecular formula is C51H58N10O12P2S2. The third kappa shape index (κ3) is 17.7. The fraction of sp³-hybridized carbons (Fsp3) is 0.294. The molecule has 2 atom stereocenters. The molecular weight excluding hydrogens is 1070 g/mol. The van der Waals surface area contributed by atoms with Gasteiger partial charge in [-0.3, -0.25) is 38.3 Å². The Morgan fingerprint density at radius 2 is 0.935 bits per heavy atom. The Morgan fingerprint density at radius 1 is 0.545 bits per heavy atom. The highest BCUT2D eigenvalue weighted by atomic mass is 32.2. The van der Waals surface area contributed by atoms with E-state index in [4.69, 9.17) is 39.0 Å². The smallest absolute Gasteiger partial charge is 0.356 e. The Morgan fingerprint density at radius 3 is 1.35 bits per heavy atom. The topological polar surface area (TPSA) is 303 Å². The van der Waals surface area contributed by atoms with E-state index in [0.29, 0.717) is 33.9 Å². The molecule has 4 aromatic heterocycles. The van der Waals surface area contributed by atoms with E-state index in [1.54, 1.807) is 45.5 Å². The van der Waals surface area contributed by atoms with Crippen LogP contribution in [-0.2, 0) is 63.0 Å². The number of carbonyl (C=O) groups is 2. The van der Waals surface area contributed by atoms with Gasteiger partial charge in [0, 0.05) is 35.7 Å². The number of aromatic nitrogens is 8. The van der Waals surface area contributed by atoms with Gasteiger partial charge in [0.05, 0.1) is 52.3 Å². The summed E-state index contributed by atoms with van der Waals surface area (Å²) in [5, 5.41) is -0.188. The Labute approximate surface area is 451 Å². The standard InChI is InChI=1S/C26H30N5O6PS.C25H28N5O6PS/c1-18-3-7-20(8-4-18)15-37-38(34,36-13-14-39-25(33)21-9-5-19(2)6-10-21)17-35-12-11-31-16-28-22-23(31)29-26(27)30-24(22)32;1-18-7-9-19(10-8-18)15-36-37(33,35-13-14-38-24(32)20-5-3-2-4-6-20)17-34-12-11-30-16-27-21-22(30)28-25(26)29-23(21)31/h3-10,16H,11-15,17H2,1-2H3,(H3,27,29,30,32);2-10,16H,11-15,17H2,1H3,(H3,26,28,29,31). The zero-order valence-corrected chi connectivity index (χ0v) is 45.8. The first-order chi connectivity index (χ1) is 37.0. The average molecular weight is 1130 g/mol. The molecule has 406 valence electrons. The van der Waals surface area contributed by atoms with Crippen LogP contribution < -0.4 is 22.6 Å². The fourth-order valence-electron chi connectivity index (χ4n) is 6.94. The van der Waals surface area contributed by atoms with Crippen LogP contribution in [0.4, 0.5) is 11.9 Å². The summed E-state index contributed by atoms with van der Waals surface area (Å²) in [5.41, 5.74) is 17.5. The lowest BCUT2D eigenvalue weighted by molar-refractivity contribution is 0.108. The normalized spacial score (nSPS) is 13.0. The van der Waals surface area contributed by atoms with Gasteiger partial charge in [0.2, 0.25) is 22.1 Å². The Bertz CT molecular complexity index is 3450. The van der Waals surface area contributed by atoms with Crippen molar-refractivity contribution in [1.29, 1.82) is 0 Å². The maximum absolute atomic E-state index is 13.5. The molecule has 0 aliphatic carbocycles. The summed E-state index contributed by atoms with van der Waals surface area (Å²) in [4.78, 5) is 69.8. The number of aromatic amines is 2. The second-order valence-corrected chi connectivity index (χ2v) is 23.2. The Balaban J connectivity index is 0.000000224. The molecule has 0 amide bonds. The third-order valence-corrected chi connectivity index (χ3v) is 16.0. The number of hydrogen-bond donors (Lipinski definition) is 4. The molecule has 77 heavy (non-hydrogen) atoms. The lowest BCUT2D eigenvalue weighted by Gasteiger charge is -2.19. The average Bonchev–Trinajstić information content (AvgIpc) is 4.07. The summed E-state index contributed by atoms with van der Waals surface area (Å²) in [6, 6.07) is 31.5. The minimum absolute atomic E-state index is 0.0173. The number of rotatable bonds is 26. The first kappa shape index (κ1) is 58.1. The predicted octanol–water partition coefficient (Wildman–Crippen LogP) is 8.28. The zero-order chi connectivity index (χ0) is 54.8. The number of carbonyl (C=O) groups excluding carboxylic acids is 2. The molecule has 6 N–H and O–H groups in total. The molecule has 0 aliphatic heterocycles. The van der Waals surface area contributed by atoms with Gasteiger partial charge >= 0.3 is 15.2 Å².